The number of rotatable bonds is 6. The fourth-order valence-electron chi connectivity index (χ4n) is 2.24. The average Bonchev–Trinajstić information content (AvgIpc) is 2.90. The highest BCUT2D eigenvalue weighted by molar-refractivity contribution is 7.91. The smallest absolute Gasteiger partial charge is 0.252 e. The van der Waals surface area contributed by atoms with Crippen molar-refractivity contribution in [3.05, 3.63) is 17.0 Å². The van der Waals surface area contributed by atoms with Crippen molar-refractivity contribution in [2.45, 2.75) is 10.6 Å². The highest BCUT2D eigenvalue weighted by Gasteiger charge is 2.29. The summed E-state index contributed by atoms with van der Waals surface area (Å²) < 4.78 is 26.9. The van der Waals surface area contributed by atoms with E-state index in [0.29, 0.717) is 49.9 Å². The third-order valence-corrected chi connectivity index (χ3v) is 6.88. The molecule has 0 aliphatic carbocycles. The molecule has 0 spiro atoms. The molecule has 3 N–H and O–H groups in total. The molecule has 20 heavy (non-hydrogen) atoms. The molecule has 0 unspecified atom stereocenters. The molecule has 1 saturated heterocycles. The van der Waals surface area contributed by atoms with Gasteiger partial charge in [0.15, 0.2) is 0 Å². The van der Waals surface area contributed by atoms with E-state index in [1.165, 1.54) is 15.6 Å². The molecule has 114 valence electrons. The maximum atomic E-state index is 12.5. The van der Waals surface area contributed by atoms with E-state index in [-0.39, 0.29) is 6.61 Å². The van der Waals surface area contributed by atoms with Gasteiger partial charge in [0.05, 0.1) is 6.61 Å². The van der Waals surface area contributed by atoms with E-state index in [4.69, 9.17) is 10.8 Å². The second kappa shape index (κ2) is 6.97. The quantitative estimate of drug-likeness (QED) is 0.741. The molecule has 1 aliphatic rings. The van der Waals surface area contributed by atoms with Gasteiger partial charge in [0.2, 0.25) is 0 Å². The lowest BCUT2D eigenvalue weighted by atomic mass is 10.3. The Morgan fingerprint density at radius 3 is 2.55 bits per heavy atom. The van der Waals surface area contributed by atoms with E-state index in [9.17, 15) is 8.42 Å². The van der Waals surface area contributed by atoms with Crippen molar-refractivity contribution in [3.8, 4) is 0 Å². The molecule has 6 nitrogen and oxygen atoms in total. The SMILES string of the molecule is NCCc1ccc(S(=O)(=O)N2CCN(CCO)CC2)s1. The van der Waals surface area contributed by atoms with Gasteiger partial charge in [-0.1, -0.05) is 0 Å². The summed E-state index contributed by atoms with van der Waals surface area (Å²) in [6, 6.07) is 3.51. The van der Waals surface area contributed by atoms with Gasteiger partial charge < -0.3 is 10.8 Å². The zero-order valence-electron chi connectivity index (χ0n) is 11.4. The minimum Gasteiger partial charge on any atom is -0.395 e. The number of hydrogen-bond acceptors (Lipinski definition) is 6. The summed E-state index contributed by atoms with van der Waals surface area (Å²) in [5.74, 6) is 0. The molecule has 1 fully saturated rings. The lowest BCUT2D eigenvalue weighted by molar-refractivity contribution is 0.151. The van der Waals surface area contributed by atoms with Crippen LogP contribution in [0.25, 0.3) is 0 Å². The Kier molecular flexibility index (Phi) is 5.53. The molecular weight excluding hydrogens is 298 g/mol. The van der Waals surface area contributed by atoms with E-state index in [1.807, 2.05) is 6.07 Å². The average molecular weight is 319 g/mol. The normalized spacial score (nSPS) is 18.5. The zero-order valence-corrected chi connectivity index (χ0v) is 13.0. The Morgan fingerprint density at radius 1 is 1.25 bits per heavy atom. The maximum Gasteiger partial charge on any atom is 0.252 e. The topological polar surface area (TPSA) is 86.9 Å². The summed E-state index contributed by atoms with van der Waals surface area (Å²) in [6.07, 6.45) is 0.713. The minimum atomic E-state index is -3.38. The van der Waals surface area contributed by atoms with Gasteiger partial charge in [-0.3, -0.25) is 4.90 Å². The molecule has 8 heteroatoms. The first-order valence-corrected chi connectivity index (χ1v) is 8.95. The monoisotopic (exact) mass is 319 g/mol. The molecule has 1 aromatic rings. The third kappa shape index (κ3) is 3.57. The Bertz CT molecular complexity index is 522. The second-order valence-electron chi connectivity index (χ2n) is 4.73. The first kappa shape index (κ1) is 15.9. The molecule has 0 bridgehead atoms. The predicted molar refractivity (Wildman–Crippen MR) is 79.4 cm³/mol. The van der Waals surface area contributed by atoms with Crippen LogP contribution in [0, 0.1) is 0 Å². The number of piperazine rings is 1. The van der Waals surface area contributed by atoms with E-state index in [2.05, 4.69) is 4.90 Å². The molecule has 1 aromatic heterocycles. The largest absolute Gasteiger partial charge is 0.395 e. The lowest BCUT2D eigenvalue weighted by Crippen LogP contribution is -2.49. The van der Waals surface area contributed by atoms with Gasteiger partial charge in [0, 0.05) is 37.6 Å². The van der Waals surface area contributed by atoms with Crippen molar-refractivity contribution in [2.75, 3.05) is 45.9 Å². The number of nitrogens with two attached hydrogens (primary N) is 1. The number of nitrogens with zero attached hydrogens (tertiary/aromatic N) is 2. The van der Waals surface area contributed by atoms with Crippen LogP contribution in [0.5, 0.6) is 0 Å². The van der Waals surface area contributed by atoms with Crippen molar-refractivity contribution in [3.63, 3.8) is 0 Å². The van der Waals surface area contributed by atoms with E-state index < -0.39 is 10.0 Å². The summed E-state index contributed by atoms with van der Waals surface area (Å²) in [5.41, 5.74) is 5.49. The highest BCUT2D eigenvalue weighted by atomic mass is 32.2. The summed E-state index contributed by atoms with van der Waals surface area (Å²) >= 11 is 1.31. The first-order valence-electron chi connectivity index (χ1n) is 6.70. The van der Waals surface area contributed by atoms with Crippen molar-refractivity contribution in [2.24, 2.45) is 5.73 Å². The van der Waals surface area contributed by atoms with Gasteiger partial charge in [0.1, 0.15) is 4.21 Å². The van der Waals surface area contributed by atoms with E-state index >= 15 is 0 Å². The predicted octanol–water partition coefficient (Wildman–Crippen LogP) is -0.452. The van der Waals surface area contributed by atoms with Gasteiger partial charge >= 0.3 is 0 Å². The molecule has 0 amide bonds. The molecule has 0 aromatic carbocycles. The minimum absolute atomic E-state index is 0.111. The van der Waals surface area contributed by atoms with Crippen LogP contribution in [-0.4, -0.2) is 68.6 Å². The van der Waals surface area contributed by atoms with Crippen molar-refractivity contribution >= 4 is 21.4 Å². The Morgan fingerprint density at radius 2 is 1.95 bits per heavy atom. The van der Waals surface area contributed by atoms with Crippen LogP contribution in [0.15, 0.2) is 16.3 Å². The van der Waals surface area contributed by atoms with Crippen LogP contribution >= 0.6 is 11.3 Å². The number of thiophene rings is 1. The molecule has 0 radical (unpaired) electrons. The van der Waals surface area contributed by atoms with Gasteiger partial charge in [-0.25, -0.2) is 8.42 Å². The standard InChI is InChI=1S/C12H21N3O3S2/c13-4-3-11-1-2-12(19-11)20(17,18)15-7-5-14(6-8-15)9-10-16/h1-2,16H,3-10,13H2. The van der Waals surface area contributed by atoms with Crippen LogP contribution in [0.2, 0.25) is 0 Å². The Hall–Kier alpha value is -0.510. The van der Waals surface area contributed by atoms with E-state index in [0.717, 1.165) is 4.88 Å². The van der Waals surface area contributed by atoms with Crippen LogP contribution in [-0.2, 0) is 16.4 Å². The van der Waals surface area contributed by atoms with Crippen molar-refractivity contribution < 1.29 is 13.5 Å². The van der Waals surface area contributed by atoms with Crippen molar-refractivity contribution in [1.82, 2.24) is 9.21 Å². The first-order chi connectivity index (χ1) is 9.57. The van der Waals surface area contributed by atoms with E-state index in [1.54, 1.807) is 6.07 Å². The summed E-state index contributed by atoms with van der Waals surface area (Å²) in [5, 5.41) is 8.89. The molecule has 2 heterocycles. The third-order valence-electron chi connectivity index (χ3n) is 3.37. The fraction of sp³-hybridized carbons (Fsp3) is 0.667. The number of β-amino-alcohol motifs (C(OH)–C–C–N with tert-alkyl or cyclic N) is 1. The number of aliphatic hydroxyl groups excluding tert-OH is 1. The molecule has 0 saturated carbocycles. The number of aliphatic hydroxyl groups is 1. The van der Waals surface area contributed by atoms with Gasteiger partial charge in [-0.05, 0) is 25.1 Å². The molecule has 0 atom stereocenters. The van der Waals surface area contributed by atoms with Gasteiger partial charge in [-0.2, -0.15) is 4.31 Å². The summed E-state index contributed by atoms with van der Waals surface area (Å²) in [7, 11) is -3.38. The Balaban J connectivity index is 2.03. The fourth-order valence-corrected chi connectivity index (χ4v) is 5.18. The lowest BCUT2D eigenvalue weighted by Gasteiger charge is -2.33. The van der Waals surface area contributed by atoms with Crippen LogP contribution in [0.3, 0.4) is 0 Å². The zero-order chi connectivity index (χ0) is 14.6. The molecule has 1 aliphatic heterocycles. The molecular formula is C12H21N3O3S2. The van der Waals surface area contributed by atoms with Gasteiger partial charge in [-0.15, -0.1) is 11.3 Å². The van der Waals surface area contributed by atoms with Crippen LogP contribution in [0.1, 0.15) is 4.88 Å². The Labute approximate surface area is 123 Å². The molecule has 2 rings (SSSR count). The maximum absolute atomic E-state index is 12.5. The van der Waals surface area contributed by atoms with Crippen LogP contribution in [0.4, 0.5) is 0 Å². The highest BCUT2D eigenvalue weighted by Crippen LogP contribution is 2.25. The van der Waals surface area contributed by atoms with Crippen LogP contribution < -0.4 is 5.73 Å². The number of hydrogen-bond donors (Lipinski definition) is 2. The van der Waals surface area contributed by atoms with Crippen molar-refractivity contribution in [1.29, 1.82) is 0 Å². The summed E-state index contributed by atoms with van der Waals surface area (Å²) in [4.78, 5) is 3.07. The summed E-state index contributed by atoms with van der Waals surface area (Å²) in [6.45, 7) is 3.54. The number of sulfonamides is 1. The second-order valence-corrected chi connectivity index (χ2v) is 8.06. The van der Waals surface area contributed by atoms with Gasteiger partial charge in [0.25, 0.3) is 10.0 Å².